The number of carbonyl (C=O) groups excluding carboxylic acids is 2. The van der Waals surface area contributed by atoms with Crippen LogP contribution in [0, 0.1) is 6.92 Å². The van der Waals surface area contributed by atoms with Crippen molar-refractivity contribution in [2.45, 2.75) is 32.2 Å². The van der Waals surface area contributed by atoms with Crippen molar-refractivity contribution in [2.24, 2.45) is 22.2 Å². The molecule has 8 nitrogen and oxygen atoms in total. The fourth-order valence-corrected chi connectivity index (χ4v) is 2.98. The Hall–Kier alpha value is -3.26. The lowest BCUT2D eigenvalue weighted by molar-refractivity contribution is -0.120. The number of benzene rings is 2. The van der Waals surface area contributed by atoms with Crippen molar-refractivity contribution >= 4 is 29.4 Å². The summed E-state index contributed by atoms with van der Waals surface area (Å²) in [4.78, 5) is 28.2. The zero-order chi connectivity index (χ0) is 22.8. The highest BCUT2D eigenvalue weighted by Gasteiger charge is 2.19. The number of nitrogens with zero attached hydrogens (tertiary/aromatic N) is 1. The maximum absolute atomic E-state index is 12.6. The van der Waals surface area contributed by atoms with Crippen LogP contribution in [0.1, 0.15) is 34.3 Å². The zero-order valence-corrected chi connectivity index (χ0v) is 18.2. The lowest BCUT2D eigenvalue weighted by Gasteiger charge is -2.16. The second-order valence-corrected chi connectivity index (χ2v) is 7.52. The van der Waals surface area contributed by atoms with Gasteiger partial charge >= 0.3 is 0 Å². The third-order valence-electron chi connectivity index (χ3n) is 4.61. The van der Waals surface area contributed by atoms with Gasteiger partial charge in [0.05, 0.1) is 6.61 Å². The Kier molecular flexibility index (Phi) is 9.14. The van der Waals surface area contributed by atoms with Gasteiger partial charge < -0.3 is 27.3 Å². The van der Waals surface area contributed by atoms with E-state index in [4.69, 9.17) is 33.5 Å². The number of ether oxygens (including phenoxy) is 1. The molecule has 0 fully saturated rings. The molecule has 2 aromatic carbocycles. The van der Waals surface area contributed by atoms with Gasteiger partial charge in [0.1, 0.15) is 11.8 Å². The Bertz CT molecular complexity index is 927. The number of amides is 2. The minimum Gasteiger partial charge on any atom is -0.493 e. The summed E-state index contributed by atoms with van der Waals surface area (Å²) < 4.78 is 5.87. The summed E-state index contributed by atoms with van der Waals surface area (Å²) in [7, 11) is 0. The van der Waals surface area contributed by atoms with E-state index in [9.17, 15) is 9.59 Å². The molecule has 0 aliphatic carbocycles. The summed E-state index contributed by atoms with van der Waals surface area (Å²) in [5.74, 6) is -0.453. The summed E-state index contributed by atoms with van der Waals surface area (Å²) in [6, 6.07) is 11.9. The summed E-state index contributed by atoms with van der Waals surface area (Å²) in [5, 5.41) is 3.35. The lowest BCUT2D eigenvalue weighted by Crippen LogP contribution is -2.44. The maximum atomic E-state index is 12.6. The van der Waals surface area contributed by atoms with E-state index in [1.807, 2.05) is 31.2 Å². The number of hydrogen-bond acceptors (Lipinski definition) is 4. The van der Waals surface area contributed by atoms with Crippen molar-refractivity contribution in [1.29, 1.82) is 0 Å². The first-order valence-electron chi connectivity index (χ1n) is 9.89. The molecule has 0 aliphatic rings. The van der Waals surface area contributed by atoms with Gasteiger partial charge in [-0.15, -0.1) is 0 Å². The molecule has 2 rings (SSSR count). The monoisotopic (exact) mass is 445 g/mol. The average molecular weight is 446 g/mol. The maximum Gasteiger partial charge on any atom is 0.252 e. The smallest absolute Gasteiger partial charge is 0.252 e. The van der Waals surface area contributed by atoms with Crippen LogP contribution in [0.4, 0.5) is 0 Å². The number of nitrogens with two attached hydrogens (primary N) is 3. The molecular formula is C22H28ClN5O3. The number of rotatable bonds is 11. The Balaban J connectivity index is 1.96. The lowest BCUT2D eigenvalue weighted by atomic mass is 10.1. The number of nitrogens with one attached hydrogen (secondary N) is 1. The average Bonchev–Trinajstić information content (AvgIpc) is 2.72. The minimum absolute atomic E-state index is 0.0251. The van der Waals surface area contributed by atoms with E-state index >= 15 is 0 Å². The third kappa shape index (κ3) is 8.18. The number of aryl methyl sites for hydroxylation is 1. The van der Waals surface area contributed by atoms with Crippen LogP contribution in [0.3, 0.4) is 0 Å². The van der Waals surface area contributed by atoms with Gasteiger partial charge in [-0.3, -0.25) is 14.6 Å². The van der Waals surface area contributed by atoms with Gasteiger partial charge in [0, 0.05) is 23.6 Å². The summed E-state index contributed by atoms with van der Waals surface area (Å²) in [6.45, 7) is 2.69. The third-order valence-corrected chi connectivity index (χ3v) is 4.86. The summed E-state index contributed by atoms with van der Waals surface area (Å²) in [6.07, 6.45) is 1.53. The van der Waals surface area contributed by atoms with Crippen LogP contribution in [-0.2, 0) is 11.2 Å². The van der Waals surface area contributed by atoms with E-state index in [2.05, 4.69) is 10.3 Å². The highest BCUT2D eigenvalue weighted by atomic mass is 35.5. The zero-order valence-electron chi connectivity index (χ0n) is 17.4. The molecule has 166 valence electrons. The molecule has 0 aliphatic heterocycles. The standard InChI is InChI=1S/C22H28ClN5O3/c1-14-4-7-16(13-19(14)31-12-10-15-5-8-17(23)9-6-15)21(30)28-18(20(24)29)3-2-11-27-22(25)26/h4-9,13,18H,2-3,10-12H2,1H3,(H2,24,29)(H,28,30)(H4,25,26,27)/t18-/m0/s1. The van der Waals surface area contributed by atoms with Gasteiger partial charge in [-0.25, -0.2) is 0 Å². The first kappa shape index (κ1) is 24.0. The van der Waals surface area contributed by atoms with Crippen LogP contribution in [0.15, 0.2) is 47.5 Å². The highest BCUT2D eigenvalue weighted by Crippen LogP contribution is 2.20. The highest BCUT2D eigenvalue weighted by molar-refractivity contribution is 6.30. The molecule has 0 heterocycles. The SMILES string of the molecule is Cc1ccc(C(=O)N[C@@H](CCCN=C(N)N)C(N)=O)cc1OCCc1ccc(Cl)cc1. The van der Waals surface area contributed by atoms with E-state index < -0.39 is 17.9 Å². The molecule has 0 saturated heterocycles. The number of guanidine groups is 1. The molecule has 0 radical (unpaired) electrons. The fourth-order valence-electron chi connectivity index (χ4n) is 2.86. The van der Waals surface area contributed by atoms with Crippen molar-refractivity contribution in [2.75, 3.05) is 13.2 Å². The number of carbonyl (C=O) groups is 2. The molecule has 9 heteroatoms. The Morgan fingerprint density at radius 2 is 1.84 bits per heavy atom. The molecule has 0 spiro atoms. The van der Waals surface area contributed by atoms with Crippen molar-refractivity contribution in [3.05, 3.63) is 64.2 Å². The molecule has 2 amide bonds. The summed E-state index contributed by atoms with van der Waals surface area (Å²) in [5.41, 5.74) is 18.3. The predicted molar refractivity (Wildman–Crippen MR) is 122 cm³/mol. The van der Waals surface area contributed by atoms with E-state index in [0.717, 1.165) is 11.1 Å². The van der Waals surface area contributed by atoms with Crippen molar-refractivity contribution in [3.63, 3.8) is 0 Å². The molecular weight excluding hydrogens is 418 g/mol. The Morgan fingerprint density at radius 1 is 1.13 bits per heavy atom. The van der Waals surface area contributed by atoms with Gasteiger partial charge in [-0.1, -0.05) is 29.8 Å². The van der Waals surface area contributed by atoms with Gasteiger partial charge in [0.25, 0.3) is 5.91 Å². The normalized spacial score (nSPS) is 11.4. The van der Waals surface area contributed by atoms with E-state index in [1.165, 1.54) is 0 Å². The van der Waals surface area contributed by atoms with E-state index in [1.54, 1.807) is 18.2 Å². The largest absolute Gasteiger partial charge is 0.493 e. The van der Waals surface area contributed by atoms with Gasteiger partial charge in [0.15, 0.2) is 5.96 Å². The van der Waals surface area contributed by atoms with Crippen molar-refractivity contribution < 1.29 is 14.3 Å². The van der Waals surface area contributed by atoms with Crippen LogP contribution >= 0.6 is 11.6 Å². The van der Waals surface area contributed by atoms with Gasteiger partial charge in [0.2, 0.25) is 5.91 Å². The van der Waals surface area contributed by atoms with Gasteiger partial charge in [-0.2, -0.15) is 0 Å². The van der Waals surface area contributed by atoms with Crippen LogP contribution in [0.5, 0.6) is 5.75 Å². The van der Waals surface area contributed by atoms with E-state index in [0.29, 0.717) is 48.7 Å². The molecule has 7 N–H and O–H groups in total. The Labute approximate surface area is 186 Å². The summed E-state index contributed by atoms with van der Waals surface area (Å²) >= 11 is 5.90. The topological polar surface area (TPSA) is 146 Å². The second kappa shape index (κ2) is 11.8. The number of aliphatic imine (C=N–C) groups is 1. The van der Waals surface area contributed by atoms with Crippen LogP contribution < -0.4 is 27.3 Å². The molecule has 31 heavy (non-hydrogen) atoms. The number of primary amides is 1. The predicted octanol–water partition coefficient (Wildman–Crippen LogP) is 1.91. The minimum atomic E-state index is -0.822. The first-order chi connectivity index (χ1) is 14.8. The quantitative estimate of drug-likeness (QED) is 0.237. The molecule has 0 aromatic heterocycles. The number of halogens is 1. The molecule has 0 bridgehead atoms. The molecule has 0 saturated carbocycles. The second-order valence-electron chi connectivity index (χ2n) is 7.08. The molecule has 0 unspecified atom stereocenters. The van der Waals surface area contributed by atoms with Crippen molar-refractivity contribution in [3.8, 4) is 5.75 Å². The fraction of sp³-hybridized carbons (Fsp3) is 0.318. The first-order valence-corrected chi connectivity index (χ1v) is 10.3. The van der Waals surface area contributed by atoms with E-state index in [-0.39, 0.29) is 5.96 Å². The van der Waals surface area contributed by atoms with Crippen LogP contribution in [0.2, 0.25) is 5.02 Å². The van der Waals surface area contributed by atoms with Crippen LogP contribution in [-0.4, -0.2) is 37.0 Å². The van der Waals surface area contributed by atoms with Crippen molar-refractivity contribution in [1.82, 2.24) is 5.32 Å². The molecule has 2 aromatic rings. The van der Waals surface area contributed by atoms with Gasteiger partial charge in [-0.05, 0) is 55.2 Å². The van der Waals surface area contributed by atoms with Crippen LogP contribution in [0.25, 0.3) is 0 Å². The number of hydrogen-bond donors (Lipinski definition) is 4. The molecule has 1 atom stereocenters. The Morgan fingerprint density at radius 3 is 2.48 bits per heavy atom.